The summed E-state index contributed by atoms with van der Waals surface area (Å²) < 4.78 is 5.85. The van der Waals surface area contributed by atoms with Crippen molar-refractivity contribution in [1.29, 1.82) is 0 Å². The molecule has 2 aromatic carbocycles. The number of carbonyl (C=O) groups excluding carboxylic acids is 2. The minimum atomic E-state index is -0.236. The summed E-state index contributed by atoms with van der Waals surface area (Å²) in [6.45, 7) is 2.16. The van der Waals surface area contributed by atoms with Gasteiger partial charge in [0, 0.05) is 41.3 Å². The molecule has 0 radical (unpaired) electrons. The van der Waals surface area contributed by atoms with Crippen LogP contribution in [0, 0.1) is 0 Å². The molecule has 1 atom stereocenters. The Labute approximate surface area is 163 Å². The van der Waals surface area contributed by atoms with E-state index in [0.717, 1.165) is 17.7 Å². The highest BCUT2D eigenvalue weighted by Gasteiger charge is 2.28. The summed E-state index contributed by atoms with van der Waals surface area (Å²) in [6.07, 6.45) is 1.20. The molecule has 2 fully saturated rings. The van der Waals surface area contributed by atoms with Gasteiger partial charge >= 0.3 is 0 Å². The van der Waals surface area contributed by atoms with Crippen LogP contribution >= 0.6 is 11.6 Å². The zero-order valence-electron chi connectivity index (χ0n) is 14.9. The first-order valence-electron chi connectivity index (χ1n) is 9.19. The molecule has 140 valence electrons. The van der Waals surface area contributed by atoms with Gasteiger partial charge in [-0.2, -0.15) is 0 Å². The maximum Gasteiger partial charge on any atom is 0.254 e. The van der Waals surface area contributed by atoms with Gasteiger partial charge in [-0.25, -0.2) is 0 Å². The number of anilines is 1. The van der Waals surface area contributed by atoms with Crippen LogP contribution in [-0.2, 0) is 9.53 Å². The summed E-state index contributed by atoms with van der Waals surface area (Å²) in [6, 6.07) is 14.9. The predicted molar refractivity (Wildman–Crippen MR) is 104 cm³/mol. The van der Waals surface area contributed by atoms with E-state index in [1.807, 2.05) is 42.5 Å². The lowest BCUT2D eigenvalue weighted by atomic mass is 10.1. The number of rotatable bonds is 3. The van der Waals surface area contributed by atoms with Gasteiger partial charge in [0.05, 0.1) is 13.2 Å². The number of hydrogen-bond donors (Lipinski definition) is 0. The molecule has 2 aliphatic rings. The van der Waals surface area contributed by atoms with Crippen molar-refractivity contribution >= 4 is 29.1 Å². The number of carbonyl (C=O) groups is 2. The van der Waals surface area contributed by atoms with Gasteiger partial charge in [-0.1, -0.05) is 35.9 Å². The molecule has 2 heterocycles. The monoisotopic (exact) mass is 384 g/mol. The molecule has 4 rings (SSSR count). The molecule has 6 heteroatoms. The van der Waals surface area contributed by atoms with Crippen LogP contribution in [0.2, 0.25) is 5.02 Å². The van der Waals surface area contributed by atoms with E-state index in [4.69, 9.17) is 16.3 Å². The fourth-order valence-corrected chi connectivity index (χ4v) is 3.93. The van der Waals surface area contributed by atoms with E-state index in [2.05, 4.69) is 0 Å². The zero-order valence-corrected chi connectivity index (χ0v) is 15.7. The van der Waals surface area contributed by atoms with Gasteiger partial charge in [-0.05, 0) is 30.7 Å². The molecule has 0 aromatic heterocycles. The molecule has 2 saturated heterocycles. The summed E-state index contributed by atoms with van der Waals surface area (Å²) in [5.41, 5.74) is 2.28. The minimum absolute atomic E-state index is 0.0520. The third-order valence-corrected chi connectivity index (χ3v) is 5.43. The lowest BCUT2D eigenvalue weighted by Crippen LogP contribution is -2.42. The van der Waals surface area contributed by atoms with Gasteiger partial charge in [-0.3, -0.25) is 9.59 Å². The first-order valence-corrected chi connectivity index (χ1v) is 9.57. The molecule has 0 spiro atoms. The molecular weight excluding hydrogens is 364 g/mol. The van der Waals surface area contributed by atoms with Crippen LogP contribution in [0.3, 0.4) is 0 Å². The van der Waals surface area contributed by atoms with Crippen LogP contribution in [-0.4, -0.2) is 43.0 Å². The Morgan fingerprint density at radius 2 is 1.96 bits per heavy atom. The van der Waals surface area contributed by atoms with Crippen LogP contribution in [0.15, 0.2) is 48.5 Å². The van der Waals surface area contributed by atoms with Crippen molar-refractivity contribution in [2.75, 3.05) is 31.1 Å². The van der Waals surface area contributed by atoms with Crippen LogP contribution < -0.4 is 4.90 Å². The van der Waals surface area contributed by atoms with Crippen molar-refractivity contribution in [3.05, 3.63) is 64.7 Å². The third-order valence-electron chi connectivity index (χ3n) is 5.08. The number of nitrogens with zero attached hydrogens (tertiary/aromatic N) is 2. The minimum Gasteiger partial charge on any atom is -0.370 e. The van der Waals surface area contributed by atoms with Crippen molar-refractivity contribution in [1.82, 2.24) is 4.90 Å². The third kappa shape index (κ3) is 3.70. The van der Waals surface area contributed by atoms with E-state index in [0.29, 0.717) is 43.2 Å². The Hall–Kier alpha value is -2.37. The van der Waals surface area contributed by atoms with Crippen molar-refractivity contribution in [2.24, 2.45) is 0 Å². The second-order valence-electron chi connectivity index (χ2n) is 6.83. The summed E-state index contributed by atoms with van der Waals surface area (Å²) >= 11 is 6.29. The number of ether oxygens (including phenoxy) is 1. The Kier molecular flexibility index (Phi) is 5.14. The topological polar surface area (TPSA) is 49.9 Å². The second-order valence-corrected chi connectivity index (χ2v) is 7.24. The highest BCUT2D eigenvalue weighted by Crippen LogP contribution is 2.29. The lowest BCUT2D eigenvalue weighted by Gasteiger charge is -2.33. The summed E-state index contributed by atoms with van der Waals surface area (Å²) in [5.74, 6) is 0.0635. The SMILES string of the molecule is O=C(c1cccc(N2CCCC2=O)c1)N1CCOC(c2ccccc2Cl)C1. The average Bonchev–Trinajstić information content (AvgIpc) is 3.14. The van der Waals surface area contributed by atoms with Gasteiger partial charge in [0.15, 0.2) is 0 Å². The van der Waals surface area contributed by atoms with Gasteiger partial charge < -0.3 is 14.5 Å². The lowest BCUT2D eigenvalue weighted by molar-refractivity contribution is -0.117. The van der Waals surface area contributed by atoms with Gasteiger partial charge in [0.25, 0.3) is 5.91 Å². The van der Waals surface area contributed by atoms with Gasteiger partial charge in [0.2, 0.25) is 5.91 Å². The molecule has 1 unspecified atom stereocenters. The number of hydrogen-bond acceptors (Lipinski definition) is 3. The number of halogens is 1. The molecule has 5 nitrogen and oxygen atoms in total. The number of benzene rings is 2. The molecule has 0 N–H and O–H groups in total. The molecular formula is C21H21ClN2O3. The Morgan fingerprint density at radius 3 is 2.74 bits per heavy atom. The molecule has 0 saturated carbocycles. The number of morpholine rings is 1. The predicted octanol–water partition coefficient (Wildman–Crippen LogP) is 3.68. The Bertz CT molecular complexity index is 870. The molecule has 0 bridgehead atoms. The van der Waals surface area contributed by atoms with E-state index in [9.17, 15) is 9.59 Å². The number of amides is 2. The van der Waals surface area contributed by atoms with Crippen molar-refractivity contribution in [3.63, 3.8) is 0 Å². The highest BCUT2D eigenvalue weighted by molar-refractivity contribution is 6.31. The maximum atomic E-state index is 13.0. The normalized spacial score (nSPS) is 20.2. The summed E-state index contributed by atoms with van der Waals surface area (Å²) in [5, 5.41) is 0.645. The molecule has 2 aromatic rings. The van der Waals surface area contributed by atoms with E-state index in [-0.39, 0.29) is 17.9 Å². The van der Waals surface area contributed by atoms with Crippen LogP contribution in [0.5, 0.6) is 0 Å². The van der Waals surface area contributed by atoms with E-state index in [1.165, 1.54) is 0 Å². The van der Waals surface area contributed by atoms with Gasteiger partial charge in [0.1, 0.15) is 6.10 Å². The van der Waals surface area contributed by atoms with Crippen molar-refractivity contribution in [2.45, 2.75) is 18.9 Å². The van der Waals surface area contributed by atoms with E-state index in [1.54, 1.807) is 15.9 Å². The average molecular weight is 385 g/mol. The summed E-state index contributed by atoms with van der Waals surface area (Å²) in [4.78, 5) is 28.6. The first-order chi connectivity index (χ1) is 13.1. The van der Waals surface area contributed by atoms with E-state index < -0.39 is 0 Å². The Balaban J connectivity index is 1.52. The fraction of sp³-hybridized carbons (Fsp3) is 0.333. The quantitative estimate of drug-likeness (QED) is 0.811. The second kappa shape index (κ2) is 7.71. The van der Waals surface area contributed by atoms with Crippen molar-refractivity contribution < 1.29 is 14.3 Å². The largest absolute Gasteiger partial charge is 0.370 e. The maximum absolute atomic E-state index is 13.0. The van der Waals surface area contributed by atoms with Crippen LogP contribution in [0.1, 0.15) is 34.9 Å². The first kappa shape index (κ1) is 18.0. The molecule has 27 heavy (non-hydrogen) atoms. The van der Waals surface area contributed by atoms with Crippen molar-refractivity contribution in [3.8, 4) is 0 Å². The molecule has 2 amide bonds. The standard InChI is InChI=1S/C21H21ClN2O3/c22-18-8-2-1-7-17(18)19-14-23(11-12-27-19)21(26)15-5-3-6-16(13-15)24-10-4-9-20(24)25/h1-3,5-8,13,19H,4,9-12,14H2. The Morgan fingerprint density at radius 1 is 1.11 bits per heavy atom. The van der Waals surface area contributed by atoms with Gasteiger partial charge in [-0.15, -0.1) is 0 Å². The smallest absolute Gasteiger partial charge is 0.254 e. The van der Waals surface area contributed by atoms with E-state index >= 15 is 0 Å². The summed E-state index contributed by atoms with van der Waals surface area (Å²) in [7, 11) is 0. The molecule has 2 aliphatic heterocycles. The van der Waals surface area contributed by atoms with Crippen LogP contribution in [0.4, 0.5) is 5.69 Å². The highest BCUT2D eigenvalue weighted by atomic mass is 35.5. The fourth-order valence-electron chi connectivity index (χ4n) is 3.67. The molecule has 0 aliphatic carbocycles. The van der Waals surface area contributed by atoms with Crippen LogP contribution in [0.25, 0.3) is 0 Å². The zero-order chi connectivity index (χ0) is 18.8.